The van der Waals surface area contributed by atoms with Gasteiger partial charge < -0.3 is 9.94 Å². The van der Waals surface area contributed by atoms with Crippen LogP contribution in [0.3, 0.4) is 0 Å². The predicted molar refractivity (Wildman–Crippen MR) is 69.5 cm³/mol. The van der Waals surface area contributed by atoms with Crippen LogP contribution < -0.4 is 9.64 Å². The largest absolute Gasteiger partial charge is 0.456 e. The molecule has 0 N–H and O–H groups in total. The van der Waals surface area contributed by atoms with Gasteiger partial charge in [-0.25, -0.2) is 0 Å². The molecule has 9 heteroatoms. The molecular weight excluding hydrogens is 325 g/mol. The summed E-state index contributed by atoms with van der Waals surface area (Å²) in [6.45, 7) is 0. The SMILES string of the molecule is [O-][n+]1onc2ccc(Oc3ccc(C(F)(F)F)cc3Cl)cc21. The predicted octanol–water partition coefficient (Wildman–Crippen LogP) is 3.93. The lowest BCUT2D eigenvalue weighted by molar-refractivity contribution is -0.782. The lowest BCUT2D eigenvalue weighted by Gasteiger charge is -2.10. The summed E-state index contributed by atoms with van der Waals surface area (Å²) in [6.07, 6.45) is -4.49. The third kappa shape index (κ3) is 2.64. The number of nitrogens with zero attached hydrogens (tertiary/aromatic N) is 2. The Morgan fingerprint density at radius 1 is 1.18 bits per heavy atom. The van der Waals surface area contributed by atoms with E-state index in [0.29, 0.717) is 5.52 Å². The zero-order valence-electron chi connectivity index (χ0n) is 10.6. The van der Waals surface area contributed by atoms with E-state index in [0.717, 1.165) is 18.2 Å². The van der Waals surface area contributed by atoms with Crippen LogP contribution in [0.5, 0.6) is 11.5 Å². The standard InChI is InChI=1S/C13H6ClF3N2O3/c14-9-5-7(13(15,16)17)1-4-12(9)21-8-2-3-10-11(6-8)19(20)22-18-10/h1-6H. The monoisotopic (exact) mass is 330 g/mol. The Morgan fingerprint density at radius 2 is 1.95 bits per heavy atom. The highest BCUT2D eigenvalue weighted by molar-refractivity contribution is 6.32. The van der Waals surface area contributed by atoms with E-state index in [1.54, 1.807) is 0 Å². The van der Waals surface area contributed by atoms with Crippen molar-refractivity contribution in [1.82, 2.24) is 5.16 Å². The van der Waals surface area contributed by atoms with Crippen molar-refractivity contribution in [3.05, 3.63) is 52.2 Å². The number of rotatable bonds is 2. The molecule has 0 atom stereocenters. The molecule has 0 spiro atoms. The maximum atomic E-state index is 12.6. The molecular formula is C13H6ClF3N2O3. The van der Waals surface area contributed by atoms with Gasteiger partial charge in [-0.2, -0.15) is 13.2 Å². The highest BCUT2D eigenvalue weighted by atomic mass is 35.5. The number of aromatic nitrogens is 2. The average Bonchev–Trinajstić information content (AvgIpc) is 2.81. The summed E-state index contributed by atoms with van der Waals surface area (Å²) in [7, 11) is 0. The number of alkyl halides is 3. The molecule has 0 aliphatic heterocycles. The summed E-state index contributed by atoms with van der Waals surface area (Å²) in [4.78, 5) is 0.191. The van der Waals surface area contributed by atoms with Gasteiger partial charge in [-0.15, -0.1) is 0 Å². The number of halogens is 4. The fourth-order valence-corrected chi connectivity index (χ4v) is 2.02. The molecule has 1 aromatic heterocycles. The summed E-state index contributed by atoms with van der Waals surface area (Å²) >= 11 is 5.79. The van der Waals surface area contributed by atoms with E-state index in [2.05, 4.69) is 9.79 Å². The molecule has 0 aliphatic rings. The first-order valence-corrected chi connectivity index (χ1v) is 6.26. The van der Waals surface area contributed by atoms with Crippen LogP contribution in [0.4, 0.5) is 13.2 Å². The van der Waals surface area contributed by atoms with Gasteiger partial charge in [0.2, 0.25) is 11.0 Å². The molecule has 0 fully saturated rings. The van der Waals surface area contributed by atoms with Gasteiger partial charge in [-0.05, 0) is 35.2 Å². The van der Waals surface area contributed by atoms with E-state index in [1.165, 1.54) is 18.2 Å². The Labute approximate surface area is 126 Å². The van der Waals surface area contributed by atoms with E-state index in [1.807, 2.05) is 0 Å². The molecule has 0 amide bonds. The van der Waals surface area contributed by atoms with Crippen LogP contribution in [0.15, 0.2) is 41.0 Å². The molecule has 1 heterocycles. The second kappa shape index (κ2) is 5.06. The van der Waals surface area contributed by atoms with Gasteiger partial charge in [0.25, 0.3) is 0 Å². The molecule has 3 aromatic rings. The maximum absolute atomic E-state index is 12.6. The van der Waals surface area contributed by atoms with Crippen LogP contribution in [0.25, 0.3) is 11.0 Å². The van der Waals surface area contributed by atoms with Crippen LogP contribution in [0, 0.1) is 5.21 Å². The van der Waals surface area contributed by atoms with Crippen molar-refractivity contribution < 1.29 is 27.4 Å². The molecule has 22 heavy (non-hydrogen) atoms. The highest BCUT2D eigenvalue weighted by Crippen LogP contribution is 2.36. The second-order valence-electron chi connectivity index (χ2n) is 4.33. The van der Waals surface area contributed by atoms with Crippen LogP contribution in [0.1, 0.15) is 5.56 Å². The van der Waals surface area contributed by atoms with Gasteiger partial charge in [0.1, 0.15) is 11.5 Å². The van der Waals surface area contributed by atoms with Gasteiger partial charge in [0.05, 0.1) is 10.6 Å². The van der Waals surface area contributed by atoms with Crippen LogP contribution in [-0.2, 0) is 6.18 Å². The zero-order chi connectivity index (χ0) is 15.9. The van der Waals surface area contributed by atoms with Crippen molar-refractivity contribution in [2.75, 3.05) is 0 Å². The minimum atomic E-state index is -4.49. The minimum Gasteiger partial charge on any atom is -0.456 e. The van der Waals surface area contributed by atoms with Crippen LogP contribution in [0.2, 0.25) is 5.02 Å². The van der Waals surface area contributed by atoms with Crippen molar-refractivity contribution in [2.45, 2.75) is 6.18 Å². The fourth-order valence-electron chi connectivity index (χ4n) is 1.80. The van der Waals surface area contributed by atoms with E-state index in [4.69, 9.17) is 16.3 Å². The molecule has 0 unspecified atom stereocenters. The summed E-state index contributed by atoms with van der Waals surface area (Å²) in [5.41, 5.74) is -0.432. The normalized spacial score (nSPS) is 11.8. The molecule has 5 nitrogen and oxygen atoms in total. The lowest BCUT2D eigenvalue weighted by atomic mass is 10.2. The van der Waals surface area contributed by atoms with Crippen molar-refractivity contribution in [1.29, 1.82) is 0 Å². The third-order valence-corrected chi connectivity index (χ3v) is 3.14. The average molecular weight is 331 g/mol. The molecule has 3 rings (SSSR count). The molecule has 0 saturated heterocycles. The second-order valence-corrected chi connectivity index (χ2v) is 4.73. The summed E-state index contributed by atoms with van der Waals surface area (Å²) < 4.78 is 47.5. The molecule has 2 aromatic carbocycles. The molecule has 0 radical (unpaired) electrons. The summed E-state index contributed by atoms with van der Waals surface area (Å²) in [6, 6.07) is 7.02. The molecule has 0 saturated carbocycles. The first kappa shape index (κ1) is 14.5. The van der Waals surface area contributed by atoms with E-state index in [-0.39, 0.29) is 26.9 Å². The van der Waals surface area contributed by atoms with Crippen molar-refractivity contribution in [2.24, 2.45) is 0 Å². The fraction of sp³-hybridized carbons (Fsp3) is 0.0769. The number of hydrogen-bond acceptors (Lipinski definition) is 4. The van der Waals surface area contributed by atoms with Crippen molar-refractivity contribution >= 4 is 22.6 Å². The summed E-state index contributed by atoms with van der Waals surface area (Å²) in [5, 5.41) is 14.6. The Bertz CT molecular complexity index is 848. The van der Waals surface area contributed by atoms with Crippen molar-refractivity contribution in [3.63, 3.8) is 0 Å². The Kier molecular flexibility index (Phi) is 3.32. The van der Waals surface area contributed by atoms with Gasteiger partial charge in [-0.1, -0.05) is 11.6 Å². The van der Waals surface area contributed by atoms with Crippen LogP contribution >= 0.6 is 11.6 Å². The minimum absolute atomic E-state index is 0.0305. The van der Waals surface area contributed by atoms with E-state index >= 15 is 0 Å². The quantitative estimate of drug-likeness (QED) is 0.668. The Hall–Kier alpha value is -2.48. The smallest absolute Gasteiger partial charge is 0.416 e. The Morgan fingerprint density at radius 3 is 2.64 bits per heavy atom. The topological polar surface area (TPSA) is 62.2 Å². The third-order valence-electron chi connectivity index (χ3n) is 2.84. The number of hydrogen-bond donors (Lipinski definition) is 0. The van der Waals surface area contributed by atoms with E-state index in [9.17, 15) is 18.4 Å². The number of benzene rings is 2. The summed E-state index contributed by atoms with van der Waals surface area (Å²) in [5.74, 6) is 0.241. The van der Waals surface area contributed by atoms with Crippen molar-refractivity contribution in [3.8, 4) is 11.5 Å². The first-order chi connectivity index (χ1) is 10.3. The highest BCUT2D eigenvalue weighted by Gasteiger charge is 2.31. The maximum Gasteiger partial charge on any atom is 0.416 e. The lowest BCUT2D eigenvalue weighted by Crippen LogP contribution is -2.22. The first-order valence-electron chi connectivity index (χ1n) is 5.89. The number of ether oxygens (including phenoxy) is 1. The Balaban J connectivity index is 1.93. The van der Waals surface area contributed by atoms with Gasteiger partial charge in [-0.3, -0.25) is 4.63 Å². The van der Waals surface area contributed by atoms with Gasteiger partial charge >= 0.3 is 6.18 Å². The van der Waals surface area contributed by atoms with E-state index < -0.39 is 11.7 Å². The van der Waals surface area contributed by atoms with Gasteiger partial charge in [0, 0.05) is 11.2 Å². The molecule has 0 bridgehead atoms. The zero-order valence-corrected chi connectivity index (χ0v) is 11.4. The molecule has 0 aliphatic carbocycles. The van der Waals surface area contributed by atoms with Gasteiger partial charge in [0.15, 0.2) is 0 Å². The van der Waals surface area contributed by atoms with Crippen LogP contribution in [-0.4, -0.2) is 5.16 Å². The number of fused-ring (bicyclic) bond motifs is 1. The molecule has 114 valence electrons.